The van der Waals surface area contributed by atoms with Gasteiger partial charge in [0, 0.05) is 6.54 Å². The number of nitrogens with one attached hydrogen (secondary N) is 1. The fraction of sp³-hybridized carbons (Fsp3) is 0.667. The van der Waals surface area contributed by atoms with E-state index in [1.807, 2.05) is 25.4 Å². The van der Waals surface area contributed by atoms with Gasteiger partial charge in [0.1, 0.15) is 5.75 Å². The van der Waals surface area contributed by atoms with Gasteiger partial charge in [0.15, 0.2) is 0 Å². The predicted molar refractivity (Wildman–Crippen MR) is 75.8 cm³/mol. The zero-order valence-electron chi connectivity index (χ0n) is 11.9. The van der Waals surface area contributed by atoms with E-state index in [2.05, 4.69) is 24.1 Å². The molecule has 3 nitrogen and oxygen atoms in total. The summed E-state index contributed by atoms with van der Waals surface area (Å²) in [6.45, 7) is 6.08. The molecule has 0 radical (unpaired) electrons. The van der Waals surface area contributed by atoms with Gasteiger partial charge in [0.05, 0.1) is 18.5 Å². The number of hydrogen-bond donors (Lipinski definition) is 1. The van der Waals surface area contributed by atoms with E-state index in [4.69, 9.17) is 4.74 Å². The lowest BCUT2D eigenvalue weighted by Crippen LogP contribution is -2.12. The Morgan fingerprint density at radius 3 is 2.72 bits per heavy atom. The largest absolute Gasteiger partial charge is 0.492 e. The standard InChI is InChI=1S/C15H26N2O/c1-4-6-7-13(5-2)12-18-15-9-8-14(10-16-3)17-11-15/h8-9,11,13,16H,4-7,10,12H2,1-3H3. The van der Waals surface area contributed by atoms with Crippen LogP contribution in [-0.2, 0) is 6.54 Å². The minimum Gasteiger partial charge on any atom is -0.492 e. The molecule has 0 saturated carbocycles. The number of nitrogens with zero attached hydrogens (tertiary/aromatic N) is 1. The molecule has 0 saturated heterocycles. The third-order valence-corrected chi connectivity index (χ3v) is 3.18. The molecule has 102 valence electrons. The lowest BCUT2D eigenvalue weighted by molar-refractivity contribution is 0.232. The predicted octanol–water partition coefficient (Wildman–Crippen LogP) is 3.40. The molecule has 0 aliphatic heterocycles. The summed E-state index contributed by atoms with van der Waals surface area (Å²) in [5.74, 6) is 1.55. The van der Waals surface area contributed by atoms with E-state index < -0.39 is 0 Å². The normalized spacial score (nSPS) is 12.4. The van der Waals surface area contributed by atoms with E-state index in [-0.39, 0.29) is 0 Å². The Kier molecular flexibility index (Phi) is 7.42. The maximum absolute atomic E-state index is 5.81. The highest BCUT2D eigenvalue weighted by Gasteiger charge is 2.07. The smallest absolute Gasteiger partial charge is 0.137 e. The number of pyridine rings is 1. The number of rotatable bonds is 9. The molecule has 0 aliphatic rings. The molecule has 0 aromatic carbocycles. The SMILES string of the molecule is CCCCC(CC)COc1ccc(CNC)nc1. The third-order valence-electron chi connectivity index (χ3n) is 3.18. The van der Waals surface area contributed by atoms with Gasteiger partial charge in [0.2, 0.25) is 0 Å². The summed E-state index contributed by atoms with van der Waals surface area (Å²) in [7, 11) is 1.92. The Labute approximate surface area is 111 Å². The third kappa shape index (κ3) is 5.50. The van der Waals surface area contributed by atoms with Crippen LogP contribution in [0.2, 0.25) is 0 Å². The van der Waals surface area contributed by atoms with Crippen molar-refractivity contribution >= 4 is 0 Å². The van der Waals surface area contributed by atoms with Crippen LogP contribution in [0.25, 0.3) is 0 Å². The van der Waals surface area contributed by atoms with Gasteiger partial charge in [-0.15, -0.1) is 0 Å². The molecule has 0 fully saturated rings. The van der Waals surface area contributed by atoms with Crippen molar-refractivity contribution in [3.05, 3.63) is 24.0 Å². The highest BCUT2D eigenvalue weighted by molar-refractivity contribution is 5.19. The Morgan fingerprint density at radius 1 is 1.33 bits per heavy atom. The molecule has 18 heavy (non-hydrogen) atoms. The molecule has 1 atom stereocenters. The lowest BCUT2D eigenvalue weighted by atomic mass is 10.0. The highest BCUT2D eigenvalue weighted by Crippen LogP contribution is 2.16. The van der Waals surface area contributed by atoms with Crippen molar-refractivity contribution in [2.45, 2.75) is 46.1 Å². The van der Waals surface area contributed by atoms with Crippen molar-refractivity contribution in [1.82, 2.24) is 10.3 Å². The quantitative estimate of drug-likeness (QED) is 0.729. The van der Waals surface area contributed by atoms with Crippen LogP contribution in [0.3, 0.4) is 0 Å². The van der Waals surface area contributed by atoms with E-state index in [1.165, 1.54) is 25.7 Å². The second-order valence-corrected chi connectivity index (χ2v) is 4.74. The summed E-state index contributed by atoms with van der Waals surface area (Å²) in [4.78, 5) is 4.35. The fourth-order valence-electron chi connectivity index (χ4n) is 1.89. The molecule has 1 N–H and O–H groups in total. The number of unbranched alkanes of at least 4 members (excludes halogenated alkanes) is 1. The summed E-state index contributed by atoms with van der Waals surface area (Å²) in [6, 6.07) is 4.02. The molecule has 1 unspecified atom stereocenters. The maximum Gasteiger partial charge on any atom is 0.137 e. The Hall–Kier alpha value is -1.09. The summed E-state index contributed by atoms with van der Waals surface area (Å²) >= 11 is 0. The first kappa shape index (κ1) is 15.0. The van der Waals surface area contributed by atoms with Gasteiger partial charge in [0.25, 0.3) is 0 Å². The average Bonchev–Trinajstić information content (AvgIpc) is 2.41. The summed E-state index contributed by atoms with van der Waals surface area (Å²) in [6.07, 6.45) is 6.82. The average molecular weight is 250 g/mol. The molecule has 0 aliphatic carbocycles. The van der Waals surface area contributed by atoms with Crippen molar-refractivity contribution in [1.29, 1.82) is 0 Å². The van der Waals surface area contributed by atoms with E-state index in [0.29, 0.717) is 5.92 Å². The molecular formula is C15H26N2O. The summed E-state index contributed by atoms with van der Waals surface area (Å²) in [5, 5.41) is 3.08. The van der Waals surface area contributed by atoms with Crippen LogP contribution in [-0.4, -0.2) is 18.6 Å². The van der Waals surface area contributed by atoms with Crippen LogP contribution in [0.15, 0.2) is 18.3 Å². The fourth-order valence-corrected chi connectivity index (χ4v) is 1.89. The minimum atomic E-state index is 0.668. The minimum absolute atomic E-state index is 0.668. The second kappa shape index (κ2) is 8.92. The van der Waals surface area contributed by atoms with Gasteiger partial charge in [-0.3, -0.25) is 4.98 Å². The molecule has 0 bridgehead atoms. The monoisotopic (exact) mass is 250 g/mol. The molecule has 1 aromatic heterocycles. The number of ether oxygens (including phenoxy) is 1. The van der Waals surface area contributed by atoms with E-state index in [0.717, 1.165) is 24.6 Å². The topological polar surface area (TPSA) is 34.1 Å². The molecule has 3 heteroatoms. The Bertz CT molecular complexity index is 311. The zero-order chi connectivity index (χ0) is 13.2. The van der Waals surface area contributed by atoms with E-state index in [1.54, 1.807) is 0 Å². The van der Waals surface area contributed by atoms with Crippen molar-refractivity contribution in [2.24, 2.45) is 5.92 Å². The summed E-state index contributed by atoms with van der Waals surface area (Å²) < 4.78 is 5.81. The van der Waals surface area contributed by atoms with E-state index in [9.17, 15) is 0 Å². The van der Waals surface area contributed by atoms with E-state index >= 15 is 0 Å². The lowest BCUT2D eigenvalue weighted by Gasteiger charge is -2.15. The van der Waals surface area contributed by atoms with Crippen molar-refractivity contribution in [2.75, 3.05) is 13.7 Å². The van der Waals surface area contributed by atoms with Crippen LogP contribution in [0, 0.1) is 5.92 Å². The molecule has 0 amide bonds. The van der Waals surface area contributed by atoms with Crippen molar-refractivity contribution < 1.29 is 4.74 Å². The Morgan fingerprint density at radius 2 is 2.17 bits per heavy atom. The molecule has 1 rings (SSSR count). The summed E-state index contributed by atoms with van der Waals surface area (Å²) in [5.41, 5.74) is 1.04. The van der Waals surface area contributed by atoms with Gasteiger partial charge in [-0.25, -0.2) is 0 Å². The van der Waals surface area contributed by atoms with Gasteiger partial charge in [-0.05, 0) is 31.5 Å². The van der Waals surface area contributed by atoms with Gasteiger partial charge in [-0.2, -0.15) is 0 Å². The van der Waals surface area contributed by atoms with Crippen molar-refractivity contribution in [3.63, 3.8) is 0 Å². The number of hydrogen-bond acceptors (Lipinski definition) is 3. The van der Waals surface area contributed by atoms with Crippen LogP contribution in [0.1, 0.15) is 45.2 Å². The molecular weight excluding hydrogens is 224 g/mol. The first-order valence-electron chi connectivity index (χ1n) is 7.02. The van der Waals surface area contributed by atoms with Crippen LogP contribution in [0.5, 0.6) is 5.75 Å². The molecule has 0 spiro atoms. The second-order valence-electron chi connectivity index (χ2n) is 4.74. The first-order chi connectivity index (χ1) is 8.80. The van der Waals surface area contributed by atoms with Gasteiger partial charge in [-0.1, -0.05) is 33.1 Å². The van der Waals surface area contributed by atoms with Gasteiger partial charge < -0.3 is 10.1 Å². The molecule has 1 heterocycles. The maximum atomic E-state index is 5.81. The van der Waals surface area contributed by atoms with Crippen LogP contribution >= 0.6 is 0 Å². The first-order valence-corrected chi connectivity index (χ1v) is 7.02. The van der Waals surface area contributed by atoms with Gasteiger partial charge >= 0.3 is 0 Å². The van der Waals surface area contributed by atoms with Crippen LogP contribution < -0.4 is 10.1 Å². The highest BCUT2D eigenvalue weighted by atomic mass is 16.5. The van der Waals surface area contributed by atoms with Crippen LogP contribution in [0.4, 0.5) is 0 Å². The van der Waals surface area contributed by atoms with Crippen molar-refractivity contribution in [3.8, 4) is 5.75 Å². The molecule has 1 aromatic rings. The zero-order valence-corrected chi connectivity index (χ0v) is 11.9. The Balaban J connectivity index is 2.37. The number of aromatic nitrogens is 1.